The van der Waals surface area contributed by atoms with Gasteiger partial charge in [-0.3, -0.25) is 4.90 Å². The van der Waals surface area contributed by atoms with Crippen molar-refractivity contribution in [2.45, 2.75) is 52.5 Å². The fourth-order valence-electron chi connectivity index (χ4n) is 2.09. The van der Waals surface area contributed by atoms with Crippen molar-refractivity contribution in [1.29, 1.82) is 0 Å². The van der Waals surface area contributed by atoms with Gasteiger partial charge in [-0.25, -0.2) is 0 Å². The van der Waals surface area contributed by atoms with Crippen LogP contribution in [-0.2, 0) is 6.42 Å². The lowest BCUT2D eigenvalue weighted by Crippen LogP contribution is -2.23. The van der Waals surface area contributed by atoms with E-state index in [1.807, 2.05) is 0 Å². The highest BCUT2D eigenvalue weighted by Gasteiger charge is 2.10. The molecule has 0 aromatic heterocycles. The van der Waals surface area contributed by atoms with Crippen LogP contribution in [0.1, 0.15) is 57.2 Å². The third-order valence-electron chi connectivity index (χ3n) is 3.65. The second-order valence-electron chi connectivity index (χ2n) is 4.96. The fourth-order valence-corrected chi connectivity index (χ4v) is 2.09. The predicted octanol–water partition coefficient (Wildman–Crippen LogP) is 4.43. The molecule has 1 unspecified atom stereocenters. The van der Waals surface area contributed by atoms with E-state index in [1.54, 1.807) is 0 Å². The molecule has 96 valence electrons. The smallest absolute Gasteiger partial charge is 0.0316 e. The van der Waals surface area contributed by atoms with E-state index in [9.17, 15) is 0 Å². The maximum absolute atomic E-state index is 2.45. The van der Waals surface area contributed by atoms with Gasteiger partial charge < -0.3 is 0 Å². The zero-order valence-corrected chi connectivity index (χ0v) is 11.9. The van der Waals surface area contributed by atoms with Crippen molar-refractivity contribution < 1.29 is 0 Å². The van der Waals surface area contributed by atoms with E-state index in [4.69, 9.17) is 0 Å². The zero-order chi connectivity index (χ0) is 12.7. The highest BCUT2D eigenvalue weighted by molar-refractivity contribution is 5.24. The fraction of sp³-hybridized carbons (Fsp3) is 0.625. The van der Waals surface area contributed by atoms with E-state index in [2.05, 4.69) is 57.0 Å². The first kappa shape index (κ1) is 14.2. The molecule has 0 saturated carbocycles. The zero-order valence-electron chi connectivity index (χ0n) is 11.9. The molecule has 0 spiro atoms. The maximum Gasteiger partial charge on any atom is 0.0316 e. The van der Waals surface area contributed by atoms with Gasteiger partial charge in [-0.05, 0) is 44.5 Å². The molecule has 0 fully saturated rings. The van der Waals surface area contributed by atoms with Crippen LogP contribution in [0.25, 0.3) is 0 Å². The van der Waals surface area contributed by atoms with E-state index in [0.717, 1.165) is 6.42 Å². The normalized spacial score (nSPS) is 13.0. The second kappa shape index (κ2) is 7.50. The summed E-state index contributed by atoms with van der Waals surface area (Å²) in [5.41, 5.74) is 2.86. The summed E-state index contributed by atoms with van der Waals surface area (Å²) in [6, 6.07) is 9.59. The highest BCUT2D eigenvalue weighted by Crippen LogP contribution is 2.19. The summed E-state index contributed by atoms with van der Waals surface area (Å²) in [5, 5.41) is 0. The molecule has 1 heteroatoms. The number of benzene rings is 1. The predicted molar refractivity (Wildman–Crippen MR) is 76.4 cm³/mol. The molecule has 0 heterocycles. The third kappa shape index (κ3) is 4.51. The monoisotopic (exact) mass is 233 g/mol. The minimum absolute atomic E-state index is 0.526. The lowest BCUT2D eigenvalue weighted by atomic mass is 10.0. The van der Waals surface area contributed by atoms with Gasteiger partial charge in [-0.2, -0.15) is 0 Å². The van der Waals surface area contributed by atoms with Crippen molar-refractivity contribution >= 4 is 0 Å². The van der Waals surface area contributed by atoms with Crippen molar-refractivity contribution in [1.82, 2.24) is 4.90 Å². The summed E-state index contributed by atoms with van der Waals surface area (Å²) in [7, 11) is 2.23. The van der Waals surface area contributed by atoms with E-state index >= 15 is 0 Å². The molecule has 1 atom stereocenters. The van der Waals surface area contributed by atoms with Gasteiger partial charge in [0.15, 0.2) is 0 Å². The molecule has 17 heavy (non-hydrogen) atoms. The molecule has 0 aliphatic carbocycles. The summed E-state index contributed by atoms with van der Waals surface area (Å²) in [6.45, 7) is 7.96. The minimum atomic E-state index is 0.526. The second-order valence-corrected chi connectivity index (χ2v) is 4.96. The molecular weight excluding hydrogens is 206 g/mol. The molecule has 1 rings (SSSR count). The molecule has 1 nitrogen and oxygen atoms in total. The van der Waals surface area contributed by atoms with Crippen LogP contribution in [-0.4, -0.2) is 18.5 Å². The van der Waals surface area contributed by atoms with Crippen LogP contribution >= 0.6 is 0 Å². The number of aryl methyl sites for hydroxylation is 1. The van der Waals surface area contributed by atoms with Crippen LogP contribution < -0.4 is 0 Å². The van der Waals surface area contributed by atoms with Crippen molar-refractivity contribution in [2.75, 3.05) is 13.6 Å². The third-order valence-corrected chi connectivity index (χ3v) is 3.65. The Morgan fingerprint density at radius 3 is 2.24 bits per heavy atom. The minimum Gasteiger partial charge on any atom is -0.300 e. The van der Waals surface area contributed by atoms with Crippen molar-refractivity contribution in [3.05, 3.63) is 35.4 Å². The molecule has 0 aliphatic rings. The summed E-state index contributed by atoms with van der Waals surface area (Å²) in [5.74, 6) is 0. The van der Waals surface area contributed by atoms with Crippen LogP contribution in [0.4, 0.5) is 0 Å². The van der Waals surface area contributed by atoms with Crippen LogP contribution in [0.5, 0.6) is 0 Å². The largest absolute Gasteiger partial charge is 0.300 e. The summed E-state index contributed by atoms with van der Waals surface area (Å²) >= 11 is 0. The van der Waals surface area contributed by atoms with E-state index in [-0.39, 0.29) is 0 Å². The van der Waals surface area contributed by atoms with Crippen LogP contribution in [0.3, 0.4) is 0 Å². The van der Waals surface area contributed by atoms with Gasteiger partial charge in [0.05, 0.1) is 0 Å². The number of rotatable bonds is 7. The van der Waals surface area contributed by atoms with E-state index in [1.165, 1.54) is 36.9 Å². The standard InChI is InChI=1S/C16H27N/c1-5-7-8-13-17(4)14(3)16-11-9-15(6-2)10-12-16/h9-12,14H,5-8,13H2,1-4H3. The first-order valence-electron chi connectivity index (χ1n) is 6.98. The van der Waals surface area contributed by atoms with Gasteiger partial charge in [-0.15, -0.1) is 0 Å². The van der Waals surface area contributed by atoms with Crippen LogP contribution in [0.2, 0.25) is 0 Å². The highest BCUT2D eigenvalue weighted by atomic mass is 15.1. The molecule has 0 radical (unpaired) electrons. The lowest BCUT2D eigenvalue weighted by Gasteiger charge is -2.25. The number of hydrogen-bond donors (Lipinski definition) is 0. The Kier molecular flexibility index (Phi) is 6.28. The SMILES string of the molecule is CCCCCN(C)C(C)c1ccc(CC)cc1. The Hall–Kier alpha value is -0.820. The van der Waals surface area contributed by atoms with Gasteiger partial charge in [-0.1, -0.05) is 51.0 Å². The molecule has 0 bridgehead atoms. The Bertz CT molecular complexity index is 302. The van der Waals surface area contributed by atoms with Gasteiger partial charge in [0.25, 0.3) is 0 Å². The van der Waals surface area contributed by atoms with E-state index in [0.29, 0.717) is 6.04 Å². The molecule has 0 N–H and O–H groups in total. The molecule has 0 aliphatic heterocycles. The van der Waals surface area contributed by atoms with Crippen molar-refractivity contribution in [3.63, 3.8) is 0 Å². The Morgan fingerprint density at radius 1 is 1.06 bits per heavy atom. The van der Waals surface area contributed by atoms with Gasteiger partial charge >= 0.3 is 0 Å². The molecule has 0 saturated heterocycles. The summed E-state index contributed by atoms with van der Waals surface area (Å²) in [4.78, 5) is 2.45. The first-order valence-corrected chi connectivity index (χ1v) is 6.98. The molecule has 1 aromatic carbocycles. The average molecular weight is 233 g/mol. The van der Waals surface area contributed by atoms with Crippen molar-refractivity contribution in [3.8, 4) is 0 Å². The maximum atomic E-state index is 2.45. The van der Waals surface area contributed by atoms with Crippen LogP contribution in [0, 0.1) is 0 Å². The number of nitrogens with zero attached hydrogens (tertiary/aromatic N) is 1. The van der Waals surface area contributed by atoms with Crippen molar-refractivity contribution in [2.24, 2.45) is 0 Å². The quantitative estimate of drug-likeness (QED) is 0.630. The summed E-state index contributed by atoms with van der Waals surface area (Å²) in [6.07, 6.45) is 5.07. The van der Waals surface area contributed by atoms with E-state index < -0.39 is 0 Å². The number of hydrogen-bond acceptors (Lipinski definition) is 1. The molecule has 1 aromatic rings. The Morgan fingerprint density at radius 2 is 1.71 bits per heavy atom. The first-order chi connectivity index (χ1) is 8.19. The summed E-state index contributed by atoms with van der Waals surface area (Å²) < 4.78 is 0. The molecule has 0 amide bonds. The Labute approximate surface area is 107 Å². The number of unbranched alkanes of at least 4 members (excludes halogenated alkanes) is 2. The van der Waals surface area contributed by atoms with Crippen LogP contribution in [0.15, 0.2) is 24.3 Å². The van der Waals surface area contributed by atoms with Gasteiger partial charge in [0, 0.05) is 6.04 Å². The molecular formula is C16H27N. The van der Waals surface area contributed by atoms with Gasteiger partial charge in [0.2, 0.25) is 0 Å². The average Bonchev–Trinajstić information content (AvgIpc) is 2.38. The Balaban J connectivity index is 2.52. The topological polar surface area (TPSA) is 3.24 Å². The lowest BCUT2D eigenvalue weighted by molar-refractivity contribution is 0.256. The van der Waals surface area contributed by atoms with Gasteiger partial charge in [0.1, 0.15) is 0 Å².